The molecule has 4 saturated carbocycles. The van der Waals surface area contributed by atoms with E-state index in [9.17, 15) is 9.90 Å². The Balaban J connectivity index is 1.32. The Morgan fingerprint density at radius 1 is 0.929 bits per heavy atom. The number of fused-ring (bicyclic) bond motifs is 5. The number of hydrogen-bond acceptors (Lipinski definition) is 2. The number of likely N-dealkylation sites (tertiary alicyclic amines) is 1. The monoisotopic (exact) mass is 387 g/mol. The Morgan fingerprint density at radius 2 is 1.71 bits per heavy atom. The molecule has 5 fully saturated rings. The largest absolute Gasteiger partial charge is 0.390 e. The third kappa shape index (κ3) is 2.97. The Hall–Kier alpha value is -0.570. The van der Waals surface area contributed by atoms with Crippen LogP contribution in [-0.2, 0) is 4.79 Å². The van der Waals surface area contributed by atoms with Crippen LogP contribution in [0.3, 0.4) is 0 Å². The molecule has 0 radical (unpaired) electrons. The second kappa shape index (κ2) is 6.72. The van der Waals surface area contributed by atoms with Gasteiger partial charge in [-0.05, 0) is 112 Å². The molecule has 1 aliphatic heterocycles. The molecule has 1 saturated heterocycles. The van der Waals surface area contributed by atoms with Crippen LogP contribution < -0.4 is 0 Å². The highest BCUT2D eigenvalue weighted by Crippen LogP contribution is 2.64. The van der Waals surface area contributed by atoms with Crippen molar-refractivity contribution in [2.45, 2.75) is 90.6 Å². The second-order valence-corrected chi connectivity index (χ2v) is 12.0. The lowest BCUT2D eigenvalue weighted by Gasteiger charge is -2.57. The van der Waals surface area contributed by atoms with Gasteiger partial charge in [-0.15, -0.1) is 0 Å². The molecule has 0 aromatic heterocycles. The predicted molar refractivity (Wildman–Crippen MR) is 112 cm³/mol. The van der Waals surface area contributed by atoms with Crippen LogP contribution in [0, 0.1) is 46.8 Å². The van der Waals surface area contributed by atoms with Gasteiger partial charge in [0.1, 0.15) is 0 Å². The van der Waals surface area contributed by atoms with Crippen molar-refractivity contribution < 1.29 is 9.90 Å². The molecule has 0 spiro atoms. The number of aliphatic hydroxyl groups is 1. The molecule has 1 heterocycles. The Labute approximate surface area is 171 Å². The Bertz CT molecular complexity index is 630. The highest BCUT2D eigenvalue weighted by Gasteiger charge is 2.59. The van der Waals surface area contributed by atoms with Crippen LogP contribution in [-0.4, -0.2) is 34.6 Å². The van der Waals surface area contributed by atoms with Gasteiger partial charge in [0.05, 0.1) is 5.60 Å². The normalized spacial score (nSPS) is 53.4. The van der Waals surface area contributed by atoms with Crippen LogP contribution in [0.1, 0.15) is 85.0 Å². The summed E-state index contributed by atoms with van der Waals surface area (Å²) in [7, 11) is 0. The fraction of sp³-hybridized carbons (Fsp3) is 0.960. The minimum atomic E-state index is -0.422. The molecule has 5 rings (SSSR count). The molecule has 0 aromatic carbocycles. The zero-order valence-corrected chi connectivity index (χ0v) is 18.3. The highest BCUT2D eigenvalue weighted by molar-refractivity contribution is 5.80. The van der Waals surface area contributed by atoms with Crippen molar-refractivity contribution in [3.05, 3.63) is 0 Å². The zero-order valence-electron chi connectivity index (χ0n) is 18.3. The van der Waals surface area contributed by atoms with Crippen LogP contribution in [0.5, 0.6) is 0 Å². The number of hydrogen-bond donors (Lipinski definition) is 1. The molecule has 9 atom stereocenters. The summed E-state index contributed by atoms with van der Waals surface area (Å²) in [5.41, 5.74) is -0.175. The van der Waals surface area contributed by atoms with Crippen LogP contribution in [0.25, 0.3) is 0 Å². The smallest absolute Gasteiger partial charge is 0.226 e. The number of nitrogens with zero attached hydrogens (tertiary/aromatic N) is 1. The first-order valence-electron chi connectivity index (χ1n) is 12.3. The number of carbonyl (C=O) groups is 1. The summed E-state index contributed by atoms with van der Waals surface area (Å²) in [6.07, 6.45) is 12.1. The van der Waals surface area contributed by atoms with Gasteiger partial charge in [-0.2, -0.15) is 0 Å². The lowest BCUT2D eigenvalue weighted by Crippen LogP contribution is -2.52. The van der Waals surface area contributed by atoms with Crippen molar-refractivity contribution in [1.82, 2.24) is 4.90 Å². The van der Waals surface area contributed by atoms with Crippen molar-refractivity contribution >= 4 is 5.91 Å². The number of rotatable bonds is 1. The van der Waals surface area contributed by atoms with E-state index in [2.05, 4.69) is 25.7 Å². The van der Waals surface area contributed by atoms with E-state index in [1.54, 1.807) is 0 Å². The number of carbonyl (C=O) groups excluding carboxylic acids is 1. The standard InChI is InChI=1S/C25H41NO2/c1-16-10-13-26(15-16)23(27)22-7-6-21-20-5-4-17-14-24(2,28)11-8-18(17)19(20)9-12-25(21,22)3/h16-22,28H,4-15H2,1-3H3/t16-,17-,18+,19-,20-,21+,22-,24-,25+/m1/s1. The fourth-order valence-corrected chi connectivity index (χ4v) is 8.84. The van der Waals surface area contributed by atoms with Crippen LogP contribution in [0.15, 0.2) is 0 Å². The molecule has 1 N–H and O–H groups in total. The molecule has 3 nitrogen and oxygen atoms in total. The highest BCUT2D eigenvalue weighted by atomic mass is 16.3. The van der Waals surface area contributed by atoms with Gasteiger partial charge >= 0.3 is 0 Å². The van der Waals surface area contributed by atoms with Gasteiger partial charge in [0.25, 0.3) is 0 Å². The first-order valence-corrected chi connectivity index (χ1v) is 12.3. The molecule has 3 heteroatoms. The van der Waals surface area contributed by atoms with Crippen molar-refractivity contribution in [2.24, 2.45) is 46.8 Å². The lowest BCUT2D eigenvalue weighted by molar-refractivity contribution is -0.143. The van der Waals surface area contributed by atoms with Crippen molar-refractivity contribution in [3.8, 4) is 0 Å². The van der Waals surface area contributed by atoms with Gasteiger partial charge in [-0.3, -0.25) is 4.79 Å². The molecule has 4 aliphatic carbocycles. The van der Waals surface area contributed by atoms with Crippen molar-refractivity contribution in [2.75, 3.05) is 13.1 Å². The predicted octanol–water partition coefficient (Wildman–Crippen LogP) is 4.87. The van der Waals surface area contributed by atoms with E-state index in [1.807, 2.05) is 0 Å². The van der Waals surface area contributed by atoms with E-state index in [-0.39, 0.29) is 11.3 Å². The van der Waals surface area contributed by atoms with Crippen LogP contribution in [0.4, 0.5) is 0 Å². The SMILES string of the molecule is C[C@@H]1CCN(C(=O)[C@H]2CC[C@H]3[C@@H]4CC[C@@H]5C[C@](C)(O)CC[C@@H]5[C@H]4CC[C@]23C)C1. The Morgan fingerprint density at radius 3 is 2.46 bits per heavy atom. The molecule has 1 amide bonds. The summed E-state index contributed by atoms with van der Waals surface area (Å²) in [5, 5.41) is 10.6. The summed E-state index contributed by atoms with van der Waals surface area (Å²) in [6, 6.07) is 0. The molecule has 5 aliphatic rings. The fourth-order valence-electron chi connectivity index (χ4n) is 8.84. The third-order valence-corrected chi connectivity index (χ3v) is 10.3. The van der Waals surface area contributed by atoms with Gasteiger partial charge in [-0.25, -0.2) is 0 Å². The van der Waals surface area contributed by atoms with Gasteiger partial charge in [0.15, 0.2) is 0 Å². The maximum absolute atomic E-state index is 13.4. The Kier molecular flexibility index (Phi) is 4.66. The average Bonchev–Trinajstić information content (AvgIpc) is 3.23. The van der Waals surface area contributed by atoms with E-state index >= 15 is 0 Å². The molecular weight excluding hydrogens is 346 g/mol. The maximum Gasteiger partial charge on any atom is 0.226 e. The molecule has 0 bridgehead atoms. The minimum absolute atomic E-state index is 0.247. The summed E-state index contributed by atoms with van der Waals surface area (Å²) < 4.78 is 0. The zero-order chi connectivity index (χ0) is 19.7. The summed E-state index contributed by atoms with van der Waals surface area (Å²) in [4.78, 5) is 15.6. The molecule has 0 aromatic rings. The minimum Gasteiger partial charge on any atom is -0.390 e. The van der Waals surface area contributed by atoms with E-state index in [0.717, 1.165) is 61.9 Å². The molecule has 158 valence electrons. The van der Waals surface area contributed by atoms with E-state index in [4.69, 9.17) is 0 Å². The van der Waals surface area contributed by atoms with E-state index in [1.165, 1.54) is 44.9 Å². The lowest BCUT2D eigenvalue weighted by atomic mass is 9.49. The van der Waals surface area contributed by atoms with Crippen LogP contribution in [0.2, 0.25) is 0 Å². The van der Waals surface area contributed by atoms with E-state index in [0.29, 0.717) is 11.8 Å². The third-order valence-electron chi connectivity index (χ3n) is 10.3. The topological polar surface area (TPSA) is 40.5 Å². The van der Waals surface area contributed by atoms with Gasteiger partial charge in [0.2, 0.25) is 5.91 Å². The van der Waals surface area contributed by atoms with E-state index < -0.39 is 5.60 Å². The first kappa shape index (κ1) is 19.4. The summed E-state index contributed by atoms with van der Waals surface area (Å²) >= 11 is 0. The quantitative estimate of drug-likeness (QED) is 0.697. The first-order chi connectivity index (χ1) is 13.3. The average molecular weight is 388 g/mol. The van der Waals surface area contributed by atoms with Gasteiger partial charge < -0.3 is 10.0 Å². The molecular formula is C25H41NO2. The summed E-state index contributed by atoms with van der Waals surface area (Å²) in [5.74, 6) is 5.54. The van der Waals surface area contributed by atoms with Crippen molar-refractivity contribution in [1.29, 1.82) is 0 Å². The molecule has 0 unspecified atom stereocenters. The maximum atomic E-state index is 13.4. The van der Waals surface area contributed by atoms with Gasteiger partial charge in [0, 0.05) is 19.0 Å². The van der Waals surface area contributed by atoms with Crippen LogP contribution >= 0.6 is 0 Å². The second-order valence-electron chi connectivity index (χ2n) is 12.0. The molecule has 28 heavy (non-hydrogen) atoms. The van der Waals surface area contributed by atoms with Crippen molar-refractivity contribution in [3.63, 3.8) is 0 Å². The van der Waals surface area contributed by atoms with Gasteiger partial charge in [-0.1, -0.05) is 13.8 Å². The number of amides is 1. The summed E-state index contributed by atoms with van der Waals surface area (Å²) in [6.45, 7) is 8.82.